The summed E-state index contributed by atoms with van der Waals surface area (Å²) in [6.45, 7) is 9.82. The molecule has 0 aliphatic rings. The highest BCUT2D eigenvalue weighted by Gasteiger charge is 2.25. The minimum absolute atomic E-state index is 0.188. The third kappa shape index (κ3) is 3.56. The van der Waals surface area contributed by atoms with E-state index in [1.807, 2.05) is 20.8 Å². The number of anilines is 2. The van der Waals surface area contributed by atoms with E-state index in [1.165, 1.54) is 0 Å². The summed E-state index contributed by atoms with van der Waals surface area (Å²) in [5, 5.41) is 3.14. The molecule has 0 bridgehead atoms. The van der Waals surface area contributed by atoms with Gasteiger partial charge in [-0.15, -0.1) is 0 Å². The Hall–Kier alpha value is -1.85. The van der Waals surface area contributed by atoms with Crippen molar-refractivity contribution in [3.8, 4) is 0 Å². The lowest BCUT2D eigenvalue weighted by atomic mass is 9.93. The van der Waals surface area contributed by atoms with Crippen molar-refractivity contribution in [3.63, 3.8) is 0 Å². The van der Waals surface area contributed by atoms with Gasteiger partial charge in [0.25, 0.3) is 0 Å². The van der Waals surface area contributed by atoms with Crippen LogP contribution < -0.4 is 16.8 Å². The van der Waals surface area contributed by atoms with Crippen molar-refractivity contribution in [1.29, 1.82) is 0 Å². The molecule has 0 unspecified atom stereocenters. The Morgan fingerprint density at radius 3 is 2.42 bits per heavy atom. The number of carbonyl (C=O) groups is 1. The van der Waals surface area contributed by atoms with Gasteiger partial charge in [-0.25, -0.2) is 9.97 Å². The number of hydrogen-bond acceptors (Lipinski definition) is 5. The lowest BCUT2D eigenvalue weighted by Crippen LogP contribution is -2.37. The number of amides is 1. The number of nitrogens with zero attached hydrogens (tertiary/aromatic N) is 2. The van der Waals surface area contributed by atoms with Crippen LogP contribution in [0.4, 0.5) is 11.6 Å². The first kappa shape index (κ1) is 15.2. The van der Waals surface area contributed by atoms with Crippen LogP contribution >= 0.6 is 0 Å². The van der Waals surface area contributed by atoms with E-state index < -0.39 is 5.41 Å². The lowest BCUT2D eigenvalue weighted by molar-refractivity contribution is -0.125. The number of primary amides is 1. The van der Waals surface area contributed by atoms with Crippen LogP contribution in [0.15, 0.2) is 0 Å². The molecule has 0 radical (unpaired) electrons. The maximum absolute atomic E-state index is 11.3. The SMILES string of the molecule is Cc1c(N)nc(C(C)C)nc1NCC(C)(C)C(N)=O. The Labute approximate surface area is 114 Å². The van der Waals surface area contributed by atoms with Gasteiger partial charge in [0.1, 0.15) is 17.5 Å². The zero-order valence-corrected chi connectivity index (χ0v) is 12.2. The number of aromatic nitrogens is 2. The van der Waals surface area contributed by atoms with Gasteiger partial charge in [-0.1, -0.05) is 13.8 Å². The number of rotatable bonds is 5. The zero-order chi connectivity index (χ0) is 14.8. The Bertz CT molecular complexity index is 482. The smallest absolute Gasteiger partial charge is 0.224 e. The average Bonchev–Trinajstić information content (AvgIpc) is 2.30. The molecule has 0 fully saturated rings. The van der Waals surface area contributed by atoms with Crippen molar-refractivity contribution in [2.75, 3.05) is 17.6 Å². The molecular formula is C13H23N5O. The van der Waals surface area contributed by atoms with Gasteiger partial charge in [-0.2, -0.15) is 0 Å². The summed E-state index contributed by atoms with van der Waals surface area (Å²) in [5.41, 5.74) is 11.4. The second-order valence-electron chi connectivity index (χ2n) is 5.70. The van der Waals surface area contributed by atoms with E-state index in [2.05, 4.69) is 15.3 Å². The third-order valence-corrected chi connectivity index (χ3v) is 3.08. The molecule has 6 nitrogen and oxygen atoms in total. The number of nitrogens with one attached hydrogen (secondary N) is 1. The van der Waals surface area contributed by atoms with Gasteiger partial charge >= 0.3 is 0 Å². The summed E-state index contributed by atoms with van der Waals surface area (Å²) in [4.78, 5) is 20.0. The van der Waals surface area contributed by atoms with Crippen LogP contribution in [0.5, 0.6) is 0 Å². The zero-order valence-electron chi connectivity index (χ0n) is 12.2. The molecule has 0 saturated heterocycles. The highest BCUT2D eigenvalue weighted by Crippen LogP contribution is 2.22. The molecule has 0 aliphatic carbocycles. The van der Waals surface area contributed by atoms with Gasteiger partial charge in [0, 0.05) is 18.0 Å². The number of carbonyl (C=O) groups excluding carboxylic acids is 1. The molecule has 0 saturated carbocycles. The van der Waals surface area contributed by atoms with Crippen LogP contribution in [-0.2, 0) is 4.79 Å². The highest BCUT2D eigenvalue weighted by molar-refractivity contribution is 5.80. The summed E-state index contributed by atoms with van der Waals surface area (Å²) in [5.74, 6) is 1.63. The van der Waals surface area contributed by atoms with Crippen LogP contribution in [0.1, 0.15) is 45.0 Å². The normalized spacial score (nSPS) is 11.7. The molecule has 6 heteroatoms. The topological polar surface area (TPSA) is 107 Å². The molecule has 1 rings (SSSR count). The number of nitrogens with two attached hydrogens (primary N) is 2. The van der Waals surface area contributed by atoms with Gasteiger partial charge in [0.15, 0.2) is 0 Å². The Kier molecular flexibility index (Phi) is 4.34. The first-order valence-electron chi connectivity index (χ1n) is 6.33. The van der Waals surface area contributed by atoms with E-state index in [0.717, 1.165) is 5.56 Å². The van der Waals surface area contributed by atoms with Crippen molar-refractivity contribution >= 4 is 17.5 Å². The second kappa shape index (κ2) is 5.42. The van der Waals surface area contributed by atoms with Crippen LogP contribution in [0, 0.1) is 12.3 Å². The van der Waals surface area contributed by atoms with Crippen molar-refractivity contribution < 1.29 is 4.79 Å². The molecule has 0 aliphatic heterocycles. The van der Waals surface area contributed by atoms with Gasteiger partial charge in [-0.05, 0) is 20.8 Å². The van der Waals surface area contributed by atoms with Gasteiger partial charge in [-0.3, -0.25) is 4.79 Å². The van der Waals surface area contributed by atoms with Crippen LogP contribution in [0.3, 0.4) is 0 Å². The maximum atomic E-state index is 11.3. The second-order valence-corrected chi connectivity index (χ2v) is 5.70. The third-order valence-electron chi connectivity index (χ3n) is 3.08. The fourth-order valence-corrected chi connectivity index (χ4v) is 1.37. The summed E-state index contributed by atoms with van der Waals surface area (Å²) in [7, 11) is 0. The molecule has 0 spiro atoms. The first-order valence-corrected chi connectivity index (χ1v) is 6.33. The van der Waals surface area contributed by atoms with Crippen molar-refractivity contribution in [2.24, 2.45) is 11.1 Å². The first-order chi connectivity index (χ1) is 8.65. The van der Waals surface area contributed by atoms with Crippen molar-refractivity contribution in [2.45, 2.75) is 40.5 Å². The average molecular weight is 265 g/mol. The van der Waals surface area contributed by atoms with Crippen LogP contribution in [-0.4, -0.2) is 22.4 Å². The van der Waals surface area contributed by atoms with Crippen LogP contribution in [0.25, 0.3) is 0 Å². The van der Waals surface area contributed by atoms with Crippen LogP contribution in [0.2, 0.25) is 0 Å². The van der Waals surface area contributed by atoms with E-state index in [-0.39, 0.29) is 11.8 Å². The highest BCUT2D eigenvalue weighted by atomic mass is 16.1. The Morgan fingerprint density at radius 1 is 1.37 bits per heavy atom. The number of nitrogen functional groups attached to an aromatic ring is 1. The summed E-state index contributed by atoms with van der Waals surface area (Å²) < 4.78 is 0. The van der Waals surface area contributed by atoms with E-state index in [4.69, 9.17) is 11.5 Å². The van der Waals surface area contributed by atoms with E-state index in [9.17, 15) is 4.79 Å². The predicted octanol–water partition coefficient (Wildman–Crippen LogP) is 1.41. The fraction of sp³-hybridized carbons (Fsp3) is 0.615. The van der Waals surface area contributed by atoms with Gasteiger partial charge in [0.2, 0.25) is 5.91 Å². The number of hydrogen-bond donors (Lipinski definition) is 3. The van der Waals surface area contributed by atoms with Crippen molar-refractivity contribution in [3.05, 3.63) is 11.4 Å². The minimum Gasteiger partial charge on any atom is -0.383 e. The molecule has 1 amide bonds. The van der Waals surface area contributed by atoms with Crippen molar-refractivity contribution in [1.82, 2.24) is 9.97 Å². The van der Waals surface area contributed by atoms with E-state index in [0.29, 0.717) is 24.0 Å². The molecule has 0 aromatic carbocycles. The fourth-order valence-electron chi connectivity index (χ4n) is 1.37. The molecule has 106 valence electrons. The summed E-state index contributed by atoms with van der Waals surface area (Å²) >= 11 is 0. The molecule has 1 heterocycles. The predicted molar refractivity (Wildman–Crippen MR) is 76.7 cm³/mol. The monoisotopic (exact) mass is 265 g/mol. The molecule has 1 aromatic heterocycles. The largest absolute Gasteiger partial charge is 0.383 e. The molecule has 1 aromatic rings. The summed E-state index contributed by atoms with van der Waals surface area (Å²) in [6, 6.07) is 0. The summed E-state index contributed by atoms with van der Waals surface area (Å²) in [6.07, 6.45) is 0. The van der Waals surface area contributed by atoms with Gasteiger partial charge in [0.05, 0.1) is 5.41 Å². The molecule has 0 atom stereocenters. The molecular weight excluding hydrogens is 242 g/mol. The van der Waals surface area contributed by atoms with E-state index >= 15 is 0 Å². The van der Waals surface area contributed by atoms with E-state index in [1.54, 1.807) is 13.8 Å². The Morgan fingerprint density at radius 2 is 1.95 bits per heavy atom. The minimum atomic E-state index is -0.649. The quantitative estimate of drug-likeness (QED) is 0.746. The standard InChI is InChI=1S/C13H23N5O/c1-7(2)10-17-9(14)8(3)11(18-10)16-6-13(4,5)12(15)19/h7H,6H2,1-5H3,(H2,15,19)(H3,14,16,17,18). The molecule has 19 heavy (non-hydrogen) atoms. The molecule has 5 N–H and O–H groups in total. The Balaban J connectivity index is 2.98. The van der Waals surface area contributed by atoms with Gasteiger partial charge < -0.3 is 16.8 Å². The lowest BCUT2D eigenvalue weighted by Gasteiger charge is -2.22. The maximum Gasteiger partial charge on any atom is 0.224 e.